The summed E-state index contributed by atoms with van der Waals surface area (Å²) in [5.74, 6) is -0.504. The highest BCUT2D eigenvalue weighted by Crippen LogP contribution is 2.48. The van der Waals surface area contributed by atoms with Crippen molar-refractivity contribution in [3.63, 3.8) is 0 Å². The van der Waals surface area contributed by atoms with Crippen LogP contribution in [0.15, 0.2) is 11.6 Å². The second-order valence-corrected chi connectivity index (χ2v) is 7.34. The van der Waals surface area contributed by atoms with Gasteiger partial charge in [0.25, 0.3) is 0 Å². The molecule has 0 aromatic heterocycles. The minimum absolute atomic E-state index is 0.0350. The summed E-state index contributed by atoms with van der Waals surface area (Å²) in [6.45, 7) is 4.06. The number of carbonyl (C=O) groups excluding carboxylic acids is 1. The zero-order valence-corrected chi connectivity index (χ0v) is 13.9. The van der Waals surface area contributed by atoms with Gasteiger partial charge in [0.15, 0.2) is 0 Å². The van der Waals surface area contributed by atoms with E-state index in [-0.39, 0.29) is 23.7 Å². The van der Waals surface area contributed by atoms with Crippen LogP contribution in [0, 0.1) is 29.1 Å². The van der Waals surface area contributed by atoms with E-state index in [1.807, 2.05) is 13.0 Å². The van der Waals surface area contributed by atoms with Gasteiger partial charge in [0, 0.05) is 17.2 Å². The number of carboxylic acid groups (broad SMARTS) is 1. The molecule has 0 heterocycles. The average Bonchev–Trinajstić information content (AvgIpc) is 3.14. The fourth-order valence-electron chi connectivity index (χ4n) is 4.49. The van der Waals surface area contributed by atoms with Crippen LogP contribution in [0.2, 0.25) is 0 Å². The van der Waals surface area contributed by atoms with Gasteiger partial charge in [-0.1, -0.05) is 26.3 Å². The van der Waals surface area contributed by atoms with Crippen LogP contribution < -0.4 is 5.32 Å². The van der Waals surface area contributed by atoms with Crippen molar-refractivity contribution >= 4 is 17.6 Å². The first-order valence-electron chi connectivity index (χ1n) is 8.77. The zero-order valence-electron chi connectivity index (χ0n) is 13.9. The average molecular weight is 318 g/mol. The molecule has 23 heavy (non-hydrogen) atoms. The van der Waals surface area contributed by atoms with E-state index < -0.39 is 11.5 Å². The van der Waals surface area contributed by atoms with E-state index in [1.54, 1.807) is 0 Å². The lowest BCUT2D eigenvalue weighted by Gasteiger charge is -2.31. The monoisotopic (exact) mass is 318 g/mol. The molecule has 0 unspecified atom stereocenters. The quantitative estimate of drug-likeness (QED) is 0.728. The zero-order chi connectivity index (χ0) is 16.8. The fourth-order valence-corrected chi connectivity index (χ4v) is 4.49. The Morgan fingerprint density at radius 3 is 2.65 bits per heavy atom. The SMILES string of the molecule is CC[C@H]1C=C(C(=O)N[C@@]2(C(=O)O)C[C@@H]2CC)[C@H]2CCC(=N)[C@H]2C1. The molecule has 0 radical (unpaired) electrons. The van der Waals surface area contributed by atoms with Gasteiger partial charge >= 0.3 is 5.97 Å². The first-order chi connectivity index (χ1) is 10.9. The van der Waals surface area contributed by atoms with Crippen LogP contribution in [0.1, 0.15) is 52.4 Å². The van der Waals surface area contributed by atoms with Gasteiger partial charge in [-0.15, -0.1) is 0 Å². The molecule has 1 amide bonds. The Bertz CT molecular complexity index is 583. The van der Waals surface area contributed by atoms with Crippen molar-refractivity contribution in [1.29, 1.82) is 5.41 Å². The van der Waals surface area contributed by atoms with Crippen molar-refractivity contribution in [3.8, 4) is 0 Å². The molecule has 0 spiro atoms. The summed E-state index contributed by atoms with van der Waals surface area (Å²) >= 11 is 0. The standard InChI is InChI=1S/C18H26N2O3/c1-3-10-7-13-12(5-6-15(13)19)14(8-10)16(21)20-18(17(22)23)9-11(18)4-2/h8,10-13,19H,3-7,9H2,1-2H3,(H,20,21)(H,22,23)/t10-,11+,12+,13+,18+/m1/s1. The highest BCUT2D eigenvalue weighted by molar-refractivity contribution is 6.01. The Kier molecular flexibility index (Phi) is 4.07. The summed E-state index contributed by atoms with van der Waals surface area (Å²) in [5, 5.41) is 20.5. The number of carbonyl (C=O) groups is 2. The number of hydrogen-bond donors (Lipinski definition) is 3. The molecule has 126 valence electrons. The van der Waals surface area contributed by atoms with Crippen molar-refractivity contribution in [1.82, 2.24) is 5.32 Å². The molecule has 5 nitrogen and oxygen atoms in total. The maximum absolute atomic E-state index is 12.8. The van der Waals surface area contributed by atoms with Gasteiger partial charge in [-0.2, -0.15) is 0 Å². The molecule has 3 aliphatic carbocycles. The van der Waals surface area contributed by atoms with Gasteiger partial charge in [-0.3, -0.25) is 4.79 Å². The molecule has 2 saturated carbocycles. The number of aliphatic carboxylic acids is 1. The summed E-state index contributed by atoms with van der Waals surface area (Å²) in [6, 6.07) is 0. The summed E-state index contributed by atoms with van der Waals surface area (Å²) in [4.78, 5) is 24.4. The molecule has 5 atom stereocenters. The Hall–Kier alpha value is -1.65. The molecule has 0 aromatic carbocycles. The van der Waals surface area contributed by atoms with Crippen molar-refractivity contribution in [2.45, 2.75) is 57.9 Å². The van der Waals surface area contributed by atoms with Crippen LogP contribution in [0.4, 0.5) is 0 Å². The highest BCUT2D eigenvalue weighted by Gasteiger charge is 2.61. The van der Waals surface area contributed by atoms with Crippen molar-refractivity contribution in [2.75, 3.05) is 0 Å². The number of rotatable bonds is 5. The molecule has 0 bridgehead atoms. The van der Waals surface area contributed by atoms with Gasteiger partial charge in [0.2, 0.25) is 5.91 Å². The van der Waals surface area contributed by atoms with Crippen LogP contribution in [-0.4, -0.2) is 28.2 Å². The lowest BCUT2D eigenvalue weighted by atomic mass is 9.74. The highest BCUT2D eigenvalue weighted by atomic mass is 16.4. The Labute approximate surface area is 137 Å². The molecular formula is C18H26N2O3. The largest absolute Gasteiger partial charge is 0.479 e. The number of carboxylic acids is 1. The van der Waals surface area contributed by atoms with Gasteiger partial charge in [-0.05, 0) is 49.9 Å². The minimum Gasteiger partial charge on any atom is -0.479 e. The lowest BCUT2D eigenvalue weighted by Crippen LogP contribution is -2.47. The molecular weight excluding hydrogens is 292 g/mol. The lowest BCUT2D eigenvalue weighted by molar-refractivity contribution is -0.143. The van der Waals surface area contributed by atoms with Crippen LogP contribution in [0.5, 0.6) is 0 Å². The molecule has 3 aliphatic rings. The van der Waals surface area contributed by atoms with Crippen LogP contribution in [-0.2, 0) is 9.59 Å². The van der Waals surface area contributed by atoms with Crippen LogP contribution >= 0.6 is 0 Å². The molecule has 0 saturated heterocycles. The number of nitrogens with one attached hydrogen (secondary N) is 2. The summed E-state index contributed by atoms with van der Waals surface area (Å²) < 4.78 is 0. The van der Waals surface area contributed by atoms with E-state index in [4.69, 9.17) is 5.41 Å². The van der Waals surface area contributed by atoms with Crippen LogP contribution in [0.3, 0.4) is 0 Å². The van der Waals surface area contributed by atoms with E-state index in [2.05, 4.69) is 12.2 Å². The molecule has 3 rings (SSSR count). The Morgan fingerprint density at radius 1 is 1.35 bits per heavy atom. The van der Waals surface area contributed by atoms with E-state index in [1.165, 1.54) is 0 Å². The number of amides is 1. The number of fused-ring (bicyclic) bond motifs is 1. The molecule has 0 aliphatic heterocycles. The summed E-state index contributed by atoms with van der Waals surface area (Å²) in [6.07, 6.45) is 6.86. The topological polar surface area (TPSA) is 90.2 Å². The Balaban J connectivity index is 1.82. The second kappa shape index (κ2) is 5.77. The number of hydrogen-bond acceptors (Lipinski definition) is 3. The minimum atomic E-state index is -1.06. The van der Waals surface area contributed by atoms with Gasteiger partial charge in [0.1, 0.15) is 5.54 Å². The predicted molar refractivity (Wildman–Crippen MR) is 87.3 cm³/mol. The smallest absolute Gasteiger partial charge is 0.329 e. The molecule has 5 heteroatoms. The summed E-state index contributed by atoms with van der Waals surface area (Å²) in [5.41, 5.74) is 0.434. The summed E-state index contributed by atoms with van der Waals surface area (Å²) in [7, 11) is 0. The normalized spacial score (nSPS) is 38.7. The molecule has 0 aromatic rings. The Morgan fingerprint density at radius 2 is 2.09 bits per heavy atom. The van der Waals surface area contributed by atoms with E-state index in [9.17, 15) is 14.7 Å². The van der Waals surface area contributed by atoms with Gasteiger partial charge in [0.05, 0.1) is 0 Å². The molecule has 2 fully saturated rings. The van der Waals surface area contributed by atoms with Crippen molar-refractivity contribution in [2.24, 2.45) is 23.7 Å². The van der Waals surface area contributed by atoms with Gasteiger partial charge in [-0.25, -0.2) is 4.79 Å². The van der Waals surface area contributed by atoms with Gasteiger partial charge < -0.3 is 15.8 Å². The van der Waals surface area contributed by atoms with Crippen molar-refractivity contribution < 1.29 is 14.7 Å². The first-order valence-corrected chi connectivity index (χ1v) is 8.77. The number of allylic oxidation sites excluding steroid dienone is 1. The third-order valence-electron chi connectivity index (χ3n) is 6.13. The predicted octanol–water partition coefficient (Wildman–Crippen LogP) is 2.76. The van der Waals surface area contributed by atoms with E-state index >= 15 is 0 Å². The molecule has 3 N–H and O–H groups in total. The van der Waals surface area contributed by atoms with Crippen LogP contribution in [0.25, 0.3) is 0 Å². The third-order valence-corrected chi connectivity index (χ3v) is 6.13. The fraction of sp³-hybridized carbons (Fsp3) is 0.722. The third kappa shape index (κ3) is 2.60. The van der Waals surface area contributed by atoms with E-state index in [0.717, 1.165) is 43.4 Å². The second-order valence-electron chi connectivity index (χ2n) is 7.34. The first kappa shape index (κ1) is 16.2. The van der Waals surface area contributed by atoms with Crippen molar-refractivity contribution in [3.05, 3.63) is 11.6 Å². The maximum Gasteiger partial charge on any atom is 0.329 e. The van der Waals surface area contributed by atoms with E-state index in [0.29, 0.717) is 12.3 Å². The maximum atomic E-state index is 12.8.